The highest BCUT2D eigenvalue weighted by atomic mass is 32.2. The van der Waals surface area contributed by atoms with Gasteiger partial charge in [0.15, 0.2) is 5.13 Å². The first-order valence-electron chi connectivity index (χ1n) is 12.1. The number of hydrogen-bond acceptors (Lipinski definition) is 7. The second-order valence-electron chi connectivity index (χ2n) is 8.83. The minimum atomic E-state index is -3.75. The van der Waals surface area contributed by atoms with Gasteiger partial charge < -0.3 is 4.74 Å². The van der Waals surface area contributed by atoms with Crippen LogP contribution in [-0.4, -0.2) is 42.8 Å². The number of benzene rings is 3. The number of rotatable bonds is 9. The zero-order valence-electron chi connectivity index (χ0n) is 21.4. The van der Waals surface area contributed by atoms with Crippen LogP contribution in [-0.2, 0) is 23.1 Å². The summed E-state index contributed by atoms with van der Waals surface area (Å²) in [5.41, 5.74) is 2.73. The lowest BCUT2D eigenvalue weighted by Gasteiger charge is -2.21. The van der Waals surface area contributed by atoms with Gasteiger partial charge in [0, 0.05) is 31.5 Å². The van der Waals surface area contributed by atoms with Crippen LogP contribution in [0.2, 0.25) is 0 Å². The first kappa shape index (κ1) is 26.5. The second-order valence-corrected chi connectivity index (χ2v) is 11.9. The summed E-state index contributed by atoms with van der Waals surface area (Å²) in [6.45, 7) is 0.485. The molecule has 0 radical (unpaired) electrons. The van der Waals surface area contributed by atoms with Crippen molar-refractivity contribution in [2.45, 2.75) is 18.0 Å². The molecule has 3 aromatic carbocycles. The highest BCUT2D eigenvalue weighted by molar-refractivity contribution is 7.89. The molecule has 0 saturated heterocycles. The smallest absolute Gasteiger partial charge is 0.260 e. The van der Waals surface area contributed by atoms with E-state index >= 15 is 0 Å². The number of aromatic nitrogens is 2. The van der Waals surface area contributed by atoms with E-state index in [9.17, 15) is 13.2 Å². The lowest BCUT2D eigenvalue weighted by Crippen LogP contribution is -2.30. The normalized spacial score (nSPS) is 11.6. The molecule has 5 aromatic rings. The Balaban J connectivity index is 1.44. The van der Waals surface area contributed by atoms with Crippen LogP contribution in [0.15, 0.2) is 102 Å². The Labute approximate surface area is 231 Å². The van der Waals surface area contributed by atoms with Crippen LogP contribution in [0.1, 0.15) is 21.5 Å². The Morgan fingerprint density at radius 2 is 1.64 bits per heavy atom. The molecule has 0 bridgehead atoms. The van der Waals surface area contributed by atoms with E-state index in [0.29, 0.717) is 22.0 Å². The van der Waals surface area contributed by atoms with Crippen molar-refractivity contribution in [1.29, 1.82) is 0 Å². The van der Waals surface area contributed by atoms with Crippen LogP contribution in [0.5, 0.6) is 5.75 Å². The molecule has 39 heavy (non-hydrogen) atoms. The number of nitrogens with zero attached hydrogens (tertiary/aromatic N) is 4. The maximum Gasteiger partial charge on any atom is 0.260 e. The summed E-state index contributed by atoms with van der Waals surface area (Å²) in [5, 5.41) is 0.502. The van der Waals surface area contributed by atoms with Gasteiger partial charge in [0.25, 0.3) is 5.91 Å². The Bertz CT molecular complexity index is 1690. The van der Waals surface area contributed by atoms with E-state index in [1.165, 1.54) is 39.9 Å². The van der Waals surface area contributed by atoms with Gasteiger partial charge in [-0.05, 0) is 53.6 Å². The number of ether oxygens (including phenoxy) is 1. The molecule has 8 nitrogen and oxygen atoms in total. The number of sulfonamides is 1. The van der Waals surface area contributed by atoms with E-state index in [-0.39, 0.29) is 23.9 Å². The summed E-state index contributed by atoms with van der Waals surface area (Å²) in [7, 11) is -0.627. The molecular weight excluding hydrogens is 532 g/mol. The van der Waals surface area contributed by atoms with E-state index in [1.807, 2.05) is 60.7 Å². The van der Waals surface area contributed by atoms with Crippen molar-refractivity contribution in [2.75, 3.05) is 19.1 Å². The molecule has 5 rings (SSSR count). The standard InChI is InChI=1S/C29H26N4O4S2/c1-32(19-21-8-4-3-5-9-21)39(35,36)24-15-13-23(14-16-24)28(34)33(20-22-10-7-17-30-18-22)29-31-27-25(37-2)11-6-12-26(27)38-29/h3-18H,19-20H2,1-2H3. The van der Waals surface area contributed by atoms with Gasteiger partial charge in [-0.25, -0.2) is 13.4 Å². The zero-order chi connectivity index (χ0) is 27.4. The molecule has 0 aliphatic heterocycles. The van der Waals surface area contributed by atoms with Crippen LogP contribution in [0, 0.1) is 0 Å². The van der Waals surface area contributed by atoms with Crippen LogP contribution < -0.4 is 9.64 Å². The number of fused-ring (bicyclic) bond motifs is 1. The van der Waals surface area contributed by atoms with Gasteiger partial charge in [-0.3, -0.25) is 14.7 Å². The van der Waals surface area contributed by atoms with Crippen molar-refractivity contribution in [3.8, 4) is 5.75 Å². The van der Waals surface area contributed by atoms with Crippen molar-refractivity contribution in [3.05, 3.63) is 114 Å². The summed E-state index contributed by atoms with van der Waals surface area (Å²) in [4.78, 5) is 24.4. The van der Waals surface area contributed by atoms with E-state index in [1.54, 1.807) is 31.5 Å². The molecule has 2 heterocycles. The van der Waals surface area contributed by atoms with E-state index in [2.05, 4.69) is 4.98 Å². The quantitative estimate of drug-likeness (QED) is 0.242. The van der Waals surface area contributed by atoms with Crippen molar-refractivity contribution in [2.24, 2.45) is 0 Å². The van der Waals surface area contributed by atoms with Gasteiger partial charge >= 0.3 is 0 Å². The van der Waals surface area contributed by atoms with Gasteiger partial charge in [0.1, 0.15) is 11.3 Å². The number of carbonyl (C=O) groups is 1. The highest BCUT2D eigenvalue weighted by Crippen LogP contribution is 2.35. The fraction of sp³-hybridized carbons (Fsp3) is 0.138. The topological polar surface area (TPSA) is 92.7 Å². The van der Waals surface area contributed by atoms with Gasteiger partial charge in [-0.2, -0.15) is 4.31 Å². The third-order valence-corrected chi connectivity index (χ3v) is 9.05. The third kappa shape index (κ3) is 5.68. The number of hydrogen-bond donors (Lipinski definition) is 0. The molecule has 0 aliphatic carbocycles. The fourth-order valence-corrected chi connectivity index (χ4v) is 6.26. The Kier molecular flexibility index (Phi) is 7.69. The Morgan fingerprint density at radius 3 is 2.33 bits per heavy atom. The predicted molar refractivity (Wildman–Crippen MR) is 152 cm³/mol. The molecule has 1 amide bonds. The average molecular weight is 559 g/mol. The molecule has 2 aromatic heterocycles. The van der Waals surface area contributed by atoms with Crippen LogP contribution in [0.3, 0.4) is 0 Å². The molecule has 0 unspecified atom stereocenters. The molecule has 0 N–H and O–H groups in total. The molecule has 0 spiro atoms. The van der Waals surface area contributed by atoms with Gasteiger partial charge in [-0.1, -0.05) is 53.8 Å². The second kappa shape index (κ2) is 11.3. The number of thiazole rings is 1. The SMILES string of the molecule is COc1cccc2sc(N(Cc3cccnc3)C(=O)c3ccc(S(=O)(=O)N(C)Cc4ccccc4)cc3)nc12. The van der Waals surface area contributed by atoms with Crippen molar-refractivity contribution in [1.82, 2.24) is 14.3 Å². The minimum Gasteiger partial charge on any atom is -0.494 e. The maximum absolute atomic E-state index is 13.8. The van der Waals surface area contributed by atoms with Gasteiger partial charge in [0.2, 0.25) is 10.0 Å². The lowest BCUT2D eigenvalue weighted by atomic mass is 10.2. The molecule has 0 atom stereocenters. The number of methoxy groups -OCH3 is 1. The number of anilines is 1. The first-order chi connectivity index (χ1) is 18.9. The van der Waals surface area contributed by atoms with Crippen molar-refractivity contribution in [3.63, 3.8) is 0 Å². The monoisotopic (exact) mass is 558 g/mol. The molecule has 0 fully saturated rings. The van der Waals surface area contributed by atoms with Crippen molar-refractivity contribution < 1.29 is 17.9 Å². The number of pyridine rings is 1. The van der Waals surface area contributed by atoms with E-state index in [0.717, 1.165) is 15.8 Å². The zero-order valence-corrected chi connectivity index (χ0v) is 23.0. The fourth-order valence-electron chi connectivity index (χ4n) is 4.12. The van der Waals surface area contributed by atoms with E-state index < -0.39 is 10.0 Å². The summed E-state index contributed by atoms with van der Waals surface area (Å²) in [5.74, 6) is 0.316. The predicted octanol–water partition coefficient (Wildman–Crippen LogP) is 5.37. The van der Waals surface area contributed by atoms with Gasteiger partial charge in [-0.15, -0.1) is 0 Å². The summed E-state index contributed by atoms with van der Waals surface area (Å²) >= 11 is 1.38. The summed E-state index contributed by atoms with van der Waals surface area (Å²) in [6, 6.07) is 24.7. The Morgan fingerprint density at radius 1 is 0.897 bits per heavy atom. The lowest BCUT2D eigenvalue weighted by molar-refractivity contribution is 0.0985. The highest BCUT2D eigenvalue weighted by Gasteiger charge is 2.25. The third-order valence-electron chi connectivity index (χ3n) is 6.19. The largest absolute Gasteiger partial charge is 0.494 e. The molecule has 0 aliphatic rings. The minimum absolute atomic E-state index is 0.112. The Hall–Kier alpha value is -4.12. The van der Waals surface area contributed by atoms with Crippen LogP contribution in [0.25, 0.3) is 10.2 Å². The van der Waals surface area contributed by atoms with Crippen LogP contribution in [0.4, 0.5) is 5.13 Å². The summed E-state index contributed by atoms with van der Waals surface area (Å²) in [6.07, 6.45) is 3.37. The molecule has 198 valence electrons. The summed E-state index contributed by atoms with van der Waals surface area (Å²) < 4.78 is 34.0. The number of carbonyl (C=O) groups excluding carboxylic acids is 1. The van der Waals surface area contributed by atoms with Crippen molar-refractivity contribution >= 4 is 42.6 Å². The first-order valence-corrected chi connectivity index (χ1v) is 14.4. The molecule has 0 saturated carbocycles. The van der Waals surface area contributed by atoms with Crippen LogP contribution >= 0.6 is 11.3 Å². The average Bonchev–Trinajstić information content (AvgIpc) is 3.41. The van der Waals surface area contributed by atoms with E-state index in [4.69, 9.17) is 9.72 Å². The number of para-hydroxylation sites is 1. The molecular formula is C29H26N4O4S2. The number of amides is 1. The van der Waals surface area contributed by atoms with Gasteiger partial charge in [0.05, 0.1) is 23.2 Å². The maximum atomic E-state index is 13.8. The molecule has 10 heteroatoms.